The summed E-state index contributed by atoms with van der Waals surface area (Å²) in [7, 11) is 0. The first kappa shape index (κ1) is 14.7. The van der Waals surface area contributed by atoms with Crippen molar-refractivity contribution in [3.63, 3.8) is 0 Å². The smallest absolute Gasteiger partial charge is 0.254 e. The Labute approximate surface area is 128 Å². The van der Waals surface area contributed by atoms with Crippen LogP contribution >= 0.6 is 0 Å². The molecular weight excluding hydrogens is 283 g/mol. The number of amides is 1. The Morgan fingerprint density at radius 3 is 2.64 bits per heavy atom. The van der Waals surface area contributed by atoms with Crippen molar-refractivity contribution in [3.8, 4) is 0 Å². The fraction of sp³-hybridized carbons (Fsp3) is 0.375. The lowest BCUT2D eigenvalue weighted by Crippen LogP contribution is -2.49. The number of carbonyl (C=O) groups excluding carboxylic acids is 1. The van der Waals surface area contributed by atoms with Gasteiger partial charge in [0.05, 0.1) is 6.54 Å². The summed E-state index contributed by atoms with van der Waals surface area (Å²) in [6, 6.07) is 7.80. The molecule has 5 nitrogen and oxygen atoms in total. The maximum atomic E-state index is 13.2. The monoisotopic (exact) mass is 302 g/mol. The zero-order valence-electron chi connectivity index (χ0n) is 12.4. The largest absolute Gasteiger partial charge is 0.336 e. The van der Waals surface area contributed by atoms with E-state index < -0.39 is 0 Å². The van der Waals surface area contributed by atoms with Gasteiger partial charge in [0.25, 0.3) is 5.91 Å². The van der Waals surface area contributed by atoms with E-state index in [4.69, 9.17) is 0 Å². The van der Waals surface area contributed by atoms with Crippen molar-refractivity contribution >= 4 is 5.91 Å². The van der Waals surface area contributed by atoms with Gasteiger partial charge in [0.15, 0.2) is 0 Å². The molecule has 1 amide bonds. The van der Waals surface area contributed by atoms with E-state index in [0.29, 0.717) is 18.7 Å². The number of nitrogens with zero attached hydrogens (tertiary/aromatic N) is 4. The second-order valence-corrected chi connectivity index (χ2v) is 5.41. The Kier molecular flexibility index (Phi) is 4.48. The molecular formula is C16H19FN4O. The van der Waals surface area contributed by atoms with Crippen LogP contribution in [0.3, 0.4) is 0 Å². The fourth-order valence-corrected chi connectivity index (χ4v) is 2.66. The second-order valence-electron chi connectivity index (χ2n) is 5.41. The van der Waals surface area contributed by atoms with Crippen LogP contribution in [0.2, 0.25) is 0 Å². The molecule has 2 heterocycles. The predicted molar refractivity (Wildman–Crippen MR) is 81.0 cm³/mol. The van der Waals surface area contributed by atoms with E-state index in [9.17, 15) is 9.18 Å². The highest BCUT2D eigenvalue weighted by molar-refractivity contribution is 5.94. The van der Waals surface area contributed by atoms with Crippen molar-refractivity contribution in [3.05, 3.63) is 54.1 Å². The Hall–Kier alpha value is -2.21. The van der Waals surface area contributed by atoms with Crippen molar-refractivity contribution in [2.75, 3.05) is 32.7 Å². The molecule has 1 aliphatic rings. The number of aromatic nitrogens is 2. The first-order valence-corrected chi connectivity index (χ1v) is 7.47. The van der Waals surface area contributed by atoms with E-state index in [0.717, 1.165) is 26.2 Å². The molecule has 1 aromatic carbocycles. The molecule has 0 saturated carbocycles. The third-order valence-electron chi connectivity index (χ3n) is 3.94. The molecule has 0 spiro atoms. The molecule has 0 radical (unpaired) electrons. The molecule has 0 bridgehead atoms. The van der Waals surface area contributed by atoms with Crippen molar-refractivity contribution in [2.24, 2.45) is 0 Å². The van der Waals surface area contributed by atoms with Crippen molar-refractivity contribution in [2.45, 2.75) is 6.54 Å². The van der Waals surface area contributed by atoms with E-state index >= 15 is 0 Å². The first-order valence-electron chi connectivity index (χ1n) is 7.47. The maximum absolute atomic E-state index is 13.2. The van der Waals surface area contributed by atoms with Crippen molar-refractivity contribution in [1.29, 1.82) is 0 Å². The van der Waals surface area contributed by atoms with E-state index in [1.54, 1.807) is 23.2 Å². The molecule has 1 saturated heterocycles. The summed E-state index contributed by atoms with van der Waals surface area (Å²) < 4.78 is 15.1. The molecule has 0 aliphatic carbocycles. The van der Waals surface area contributed by atoms with Crippen LogP contribution in [-0.2, 0) is 6.54 Å². The number of rotatable bonds is 4. The summed E-state index contributed by atoms with van der Waals surface area (Å²) in [6.07, 6.45) is 3.72. The molecule has 0 atom stereocenters. The summed E-state index contributed by atoms with van der Waals surface area (Å²) in [5.74, 6) is -0.463. The zero-order chi connectivity index (χ0) is 15.4. The predicted octanol–water partition coefficient (Wildman–Crippen LogP) is 1.48. The quantitative estimate of drug-likeness (QED) is 0.859. The molecule has 2 aromatic rings. The summed E-state index contributed by atoms with van der Waals surface area (Å²) in [6.45, 7) is 4.79. The van der Waals surface area contributed by atoms with Gasteiger partial charge in [-0.2, -0.15) is 5.10 Å². The van der Waals surface area contributed by atoms with Crippen molar-refractivity contribution in [1.82, 2.24) is 19.6 Å². The third-order valence-corrected chi connectivity index (χ3v) is 3.94. The van der Waals surface area contributed by atoms with Crippen LogP contribution in [0.25, 0.3) is 0 Å². The van der Waals surface area contributed by atoms with Gasteiger partial charge in [-0.25, -0.2) is 4.39 Å². The van der Waals surface area contributed by atoms with E-state index in [-0.39, 0.29) is 11.7 Å². The lowest BCUT2D eigenvalue weighted by molar-refractivity contribution is 0.0631. The highest BCUT2D eigenvalue weighted by Crippen LogP contribution is 2.10. The molecule has 1 aliphatic heterocycles. The number of carbonyl (C=O) groups is 1. The van der Waals surface area contributed by atoms with E-state index in [1.807, 2.05) is 16.9 Å². The molecule has 116 valence electrons. The van der Waals surface area contributed by atoms with Crippen LogP contribution in [0, 0.1) is 5.82 Å². The van der Waals surface area contributed by atoms with Gasteiger partial charge in [0, 0.05) is 50.7 Å². The third kappa shape index (κ3) is 3.51. The lowest BCUT2D eigenvalue weighted by Gasteiger charge is -2.34. The van der Waals surface area contributed by atoms with Gasteiger partial charge >= 0.3 is 0 Å². The number of benzene rings is 1. The standard InChI is InChI=1S/C16H19FN4O/c17-15-4-1-3-14(13-15)16(22)20-10-7-19(8-11-20)9-12-21-6-2-5-18-21/h1-6,13H,7-12H2. The Morgan fingerprint density at radius 1 is 1.14 bits per heavy atom. The van der Waals surface area contributed by atoms with E-state index in [1.165, 1.54) is 12.1 Å². The number of hydrogen-bond donors (Lipinski definition) is 0. The van der Waals surface area contributed by atoms with Crippen LogP contribution in [0.1, 0.15) is 10.4 Å². The Morgan fingerprint density at radius 2 is 1.95 bits per heavy atom. The second kappa shape index (κ2) is 6.70. The van der Waals surface area contributed by atoms with Gasteiger partial charge in [-0.15, -0.1) is 0 Å². The van der Waals surface area contributed by atoms with Gasteiger partial charge in [0.1, 0.15) is 5.82 Å². The summed E-state index contributed by atoms with van der Waals surface area (Å²) in [5, 5.41) is 4.18. The highest BCUT2D eigenvalue weighted by atomic mass is 19.1. The minimum absolute atomic E-state index is 0.0915. The minimum atomic E-state index is -0.372. The minimum Gasteiger partial charge on any atom is -0.336 e. The Bertz CT molecular complexity index is 621. The molecule has 22 heavy (non-hydrogen) atoms. The fourth-order valence-electron chi connectivity index (χ4n) is 2.66. The van der Waals surface area contributed by atoms with Crippen LogP contribution in [0.15, 0.2) is 42.7 Å². The first-order chi connectivity index (χ1) is 10.7. The molecule has 0 N–H and O–H groups in total. The van der Waals surface area contributed by atoms with Crippen LogP contribution < -0.4 is 0 Å². The number of halogens is 1. The summed E-state index contributed by atoms with van der Waals surface area (Å²) in [4.78, 5) is 16.4. The average Bonchev–Trinajstić information content (AvgIpc) is 3.06. The Balaban J connectivity index is 1.50. The van der Waals surface area contributed by atoms with Gasteiger partial charge in [-0.05, 0) is 24.3 Å². The normalized spacial score (nSPS) is 16.0. The molecule has 6 heteroatoms. The van der Waals surface area contributed by atoms with Gasteiger partial charge in [0.2, 0.25) is 0 Å². The lowest BCUT2D eigenvalue weighted by atomic mass is 10.1. The number of hydrogen-bond acceptors (Lipinski definition) is 3. The zero-order valence-corrected chi connectivity index (χ0v) is 12.4. The van der Waals surface area contributed by atoms with Gasteiger partial charge in [-0.1, -0.05) is 6.07 Å². The highest BCUT2D eigenvalue weighted by Gasteiger charge is 2.22. The number of piperazine rings is 1. The van der Waals surface area contributed by atoms with Gasteiger partial charge in [-0.3, -0.25) is 14.4 Å². The maximum Gasteiger partial charge on any atom is 0.254 e. The molecule has 1 fully saturated rings. The topological polar surface area (TPSA) is 41.4 Å². The average molecular weight is 302 g/mol. The van der Waals surface area contributed by atoms with Crippen LogP contribution in [0.5, 0.6) is 0 Å². The van der Waals surface area contributed by atoms with Crippen molar-refractivity contribution < 1.29 is 9.18 Å². The molecule has 1 aromatic heterocycles. The molecule has 3 rings (SSSR count). The summed E-state index contributed by atoms with van der Waals surface area (Å²) >= 11 is 0. The summed E-state index contributed by atoms with van der Waals surface area (Å²) in [5.41, 5.74) is 0.421. The van der Waals surface area contributed by atoms with Crippen LogP contribution in [0.4, 0.5) is 4.39 Å². The van der Waals surface area contributed by atoms with Crippen LogP contribution in [-0.4, -0.2) is 58.2 Å². The SMILES string of the molecule is O=C(c1cccc(F)c1)N1CCN(CCn2cccn2)CC1. The molecule has 0 unspecified atom stereocenters. The van der Waals surface area contributed by atoms with E-state index in [2.05, 4.69) is 10.00 Å². The van der Waals surface area contributed by atoms with Gasteiger partial charge < -0.3 is 4.90 Å².